The number of anilines is 1. The van der Waals surface area contributed by atoms with Gasteiger partial charge in [-0.1, -0.05) is 13.3 Å². The highest BCUT2D eigenvalue weighted by molar-refractivity contribution is 6.07. The molecule has 0 aromatic carbocycles. The maximum atomic E-state index is 12.5. The summed E-state index contributed by atoms with van der Waals surface area (Å²) in [6, 6.07) is 1.35. The fraction of sp³-hybridized carbons (Fsp3) is 0.333. The van der Waals surface area contributed by atoms with Crippen molar-refractivity contribution in [3.8, 4) is 0 Å². The number of amides is 2. The summed E-state index contributed by atoms with van der Waals surface area (Å²) in [7, 11) is 0. The molecule has 2 rings (SSSR count). The summed E-state index contributed by atoms with van der Waals surface area (Å²) in [4.78, 5) is 38.3. The van der Waals surface area contributed by atoms with Crippen LogP contribution in [0.3, 0.4) is 0 Å². The molecule has 8 nitrogen and oxygen atoms in total. The Morgan fingerprint density at radius 2 is 2.04 bits per heavy atom. The van der Waals surface area contributed by atoms with Crippen LogP contribution in [0.15, 0.2) is 6.07 Å². The molecule has 0 unspecified atom stereocenters. The molecule has 0 radical (unpaired) electrons. The molecule has 0 saturated heterocycles. The third kappa shape index (κ3) is 3.31. The van der Waals surface area contributed by atoms with Crippen LogP contribution in [0.2, 0.25) is 0 Å². The van der Waals surface area contributed by atoms with Gasteiger partial charge in [0.25, 0.3) is 11.8 Å². The molecule has 2 amide bonds. The molecule has 0 aliphatic rings. The van der Waals surface area contributed by atoms with E-state index in [0.717, 1.165) is 6.42 Å². The van der Waals surface area contributed by atoms with E-state index in [1.807, 2.05) is 6.92 Å². The molecular formula is C15H19N5O3. The van der Waals surface area contributed by atoms with E-state index in [4.69, 9.17) is 5.73 Å². The lowest BCUT2D eigenvalue weighted by molar-refractivity contribution is 0.0990. The highest BCUT2D eigenvalue weighted by Crippen LogP contribution is 2.22. The van der Waals surface area contributed by atoms with Crippen molar-refractivity contribution in [1.82, 2.24) is 15.2 Å². The molecule has 0 aliphatic carbocycles. The lowest BCUT2D eigenvalue weighted by Gasteiger charge is -2.05. The van der Waals surface area contributed by atoms with Crippen LogP contribution in [0.5, 0.6) is 0 Å². The van der Waals surface area contributed by atoms with Crippen molar-refractivity contribution in [2.45, 2.75) is 33.6 Å². The molecule has 122 valence electrons. The van der Waals surface area contributed by atoms with Crippen LogP contribution >= 0.6 is 0 Å². The first-order valence-corrected chi connectivity index (χ1v) is 7.24. The number of carbonyl (C=O) groups excluding carboxylic acids is 3. The van der Waals surface area contributed by atoms with Gasteiger partial charge in [-0.15, -0.1) is 0 Å². The number of nitrogens with zero attached hydrogens (tertiary/aromatic N) is 1. The standard InChI is InChI=1S/C15H19N5O3/c1-4-5-9-12(8(3)21)7(2)17-13(9)15(23)18-11-6-10(14(16)22)19-20-11/h6,17H,4-5H2,1-3H3,(H2,16,22)(H2,18,19,20,23). The number of primary amides is 1. The summed E-state index contributed by atoms with van der Waals surface area (Å²) in [6.07, 6.45) is 1.40. The normalized spacial score (nSPS) is 10.6. The lowest BCUT2D eigenvalue weighted by atomic mass is 10.0. The van der Waals surface area contributed by atoms with Gasteiger partial charge < -0.3 is 16.0 Å². The minimum Gasteiger partial charge on any atom is -0.364 e. The highest BCUT2D eigenvalue weighted by Gasteiger charge is 2.22. The van der Waals surface area contributed by atoms with E-state index in [-0.39, 0.29) is 17.3 Å². The number of hydrogen-bond acceptors (Lipinski definition) is 4. The Labute approximate surface area is 132 Å². The van der Waals surface area contributed by atoms with E-state index in [2.05, 4.69) is 20.5 Å². The Morgan fingerprint density at radius 1 is 1.35 bits per heavy atom. The van der Waals surface area contributed by atoms with Crippen LogP contribution in [-0.2, 0) is 6.42 Å². The topological polar surface area (TPSA) is 134 Å². The van der Waals surface area contributed by atoms with Crippen LogP contribution in [0, 0.1) is 6.92 Å². The molecule has 5 N–H and O–H groups in total. The average Bonchev–Trinajstić information content (AvgIpc) is 3.04. The van der Waals surface area contributed by atoms with Crippen LogP contribution in [0.25, 0.3) is 0 Å². The molecule has 0 bridgehead atoms. The second-order valence-electron chi connectivity index (χ2n) is 5.27. The Bertz CT molecular complexity index is 772. The number of aryl methyl sites for hydroxylation is 1. The SMILES string of the molecule is CCCc1c(C(=O)Nc2cc(C(N)=O)[nH]n2)[nH]c(C)c1C(C)=O. The maximum Gasteiger partial charge on any atom is 0.273 e. The van der Waals surface area contributed by atoms with Gasteiger partial charge in [0.05, 0.1) is 0 Å². The number of aromatic amines is 2. The third-order valence-corrected chi connectivity index (χ3v) is 3.46. The van der Waals surface area contributed by atoms with Crippen molar-refractivity contribution in [2.75, 3.05) is 5.32 Å². The van der Waals surface area contributed by atoms with Gasteiger partial charge in [-0.2, -0.15) is 5.10 Å². The van der Waals surface area contributed by atoms with Crippen molar-refractivity contribution < 1.29 is 14.4 Å². The predicted molar refractivity (Wildman–Crippen MR) is 84.6 cm³/mol. The fourth-order valence-electron chi connectivity index (χ4n) is 2.54. The first kappa shape index (κ1) is 16.5. The van der Waals surface area contributed by atoms with Crippen LogP contribution in [-0.4, -0.2) is 32.8 Å². The van der Waals surface area contributed by atoms with E-state index in [0.29, 0.717) is 28.9 Å². The van der Waals surface area contributed by atoms with Crippen LogP contribution in [0.4, 0.5) is 5.82 Å². The summed E-state index contributed by atoms with van der Waals surface area (Å²) >= 11 is 0. The quantitative estimate of drug-likeness (QED) is 0.601. The Morgan fingerprint density at radius 3 is 2.57 bits per heavy atom. The van der Waals surface area contributed by atoms with Crippen molar-refractivity contribution in [3.63, 3.8) is 0 Å². The third-order valence-electron chi connectivity index (χ3n) is 3.46. The highest BCUT2D eigenvalue weighted by atomic mass is 16.2. The maximum absolute atomic E-state index is 12.5. The van der Waals surface area contributed by atoms with Crippen LogP contribution in [0.1, 0.15) is 62.9 Å². The van der Waals surface area contributed by atoms with Gasteiger partial charge in [0, 0.05) is 17.3 Å². The smallest absolute Gasteiger partial charge is 0.273 e. The van der Waals surface area contributed by atoms with Gasteiger partial charge in [0.15, 0.2) is 11.6 Å². The van der Waals surface area contributed by atoms with E-state index >= 15 is 0 Å². The molecular weight excluding hydrogens is 298 g/mol. The predicted octanol–water partition coefficient (Wildman–Crippen LogP) is 1.55. The lowest BCUT2D eigenvalue weighted by Crippen LogP contribution is -2.15. The van der Waals surface area contributed by atoms with E-state index in [9.17, 15) is 14.4 Å². The van der Waals surface area contributed by atoms with Crippen LogP contribution < -0.4 is 11.1 Å². The molecule has 2 aromatic rings. The monoisotopic (exact) mass is 317 g/mol. The van der Waals surface area contributed by atoms with Gasteiger partial charge in [-0.3, -0.25) is 19.5 Å². The number of aromatic nitrogens is 3. The minimum absolute atomic E-state index is 0.0861. The summed E-state index contributed by atoms with van der Waals surface area (Å²) in [5.41, 5.74) is 7.46. The number of rotatable bonds is 6. The number of H-pyrrole nitrogens is 2. The minimum atomic E-state index is -0.667. The van der Waals surface area contributed by atoms with E-state index in [1.165, 1.54) is 13.0 Å². The molecule has 2 heterocycles. The zero-order chi connectivity index (χ0) is 17.1. The zero-order valence-corrected chi connectivity index (χ0v) is 13.2. The summed E-state index contributed by atoms with van der Waals surface area (Å²) in [5.74, 6) is -0.995. The molecule has 0 aliphatic heterocycles. The summed E-state index contributed by atoms with van der Waals surface area (Å²) in [6.45, 7) is 5.21. The number of carbonyl (C=O) groups is 3. The zero-order valence-electron chi connectivity index (χ0n) is 13.2. The average molecular weight is 317 g/mol. The van der Waals surface area contributed by atoms with E-state index < -0.39 is 11.8 Å². The first-order chi connectivity index (χ1) is 10.8. The first-order valence-electron chi connectivity index (χ1n) is 7.24. The summed E-state index contributed by atoms with van der Waals surface area (Å²) in [5, 5.41) is 8.82. The van der Waals surface area contributed by atoms with Crippen molar-refractivity contribution >= 4 is 23.4 Å². The number of nitrogens with one attached hydrogen (secondary N) is 3. The van der Waals surface area contributed by atoms with Gasteiger partial charge in [0.1, 0.15) is 11.4 Å². The second-order valence-corrected chi connectivity index (χ2v) is 5.27. The van der Waals surface area contributed by atoms with Crippen molar-refractivity contribution in [1.29, 1.82) is 0 Å². The number of Topliss-reactive ketones (excluding diaryl/α,β-unsaturated/α-hetero) is 1. The van der Waals surface area contributed by atoms with E-state index in [1.54, 1.807) is 6.92 Å². The Hall–Kier alpha value is -2.90. The Balaban J connectivity index is 2.32. The second kappa shape index (κ2) is 6.47. The number of ketones is 1. The molecule has 2 aromatic heterocycles. The van der Waals surface area contributed by atoms with Crippen molar-refractivity contribution in [3.05, 3.63) is 34.3 Å². The number of hydrogen-bond donors (Lipinski definition) is 4. The van der Waals surface area contributed by atoms with Gasteiger partial charge in [0.2, 0.25) is 0 Å². The van der Waals surface area contributed by atoms with Gasteiger partial charge in [-0.25, -0.2) is 0 Å². The fourth-order valence-corrected chi connectivity index (χ4v) is 2.54. The Kier molecular flexibility index (Phi) is 4.63. The largest absolute Gasteiger partial charge is 0.364 e. The molecule has 0 atom stereocenters. The summed E-state index contributed by atoms with van der Waals surface area (Å²) < 4.78 is 0. The molecule has 23 heavy (non-hydrogen) atoms. The molecule has 8 heteroatoms. The molecule has 0 fully saturated rings. The number of nitrogens with two attached hydrogens (primary N) is 1. The van der Waals surface area contributed by atoms with Gasteiger partial charge >= 0.3 is 0 Å². The van der Waals surface area contributed by atoms with Gasteiger partial charge in [-0.05, 0) is 25.8 Å². The molecule has 0 saturated carbocycles. The molecule has 0 spiro atoms. The van der Waals surface area contributed by atoms with Crippen molar-refractivity contribution in [2.24, 2.45) is 5.73 Å².